The molecular formula is C25H23NO3S. The van der Waals surface area contributed by atoms with Crippen LogP contribution >= 0.6 is 0 Å². The molecule has 0 fully saturated rings. The molecule has 2 atom stereocenters. The third kappa shape index (κ3) is 4.31. The Balaban J connectivity index is 1.65. The van der Waals surface area contributed by atoms with Crippen LogP contribution in [0.15, 0.2) is 114 Å². The van der Waals surface area contributed by atoms with Gasteiger partial charge < -0.3 is 4.74 Å². The van der Waals surface area contributed by atoms with Crippen LogP contribution < -0.4 is 9.46 Å². The minimum Gasteiger partial charge on any atom is -0.497 e. The largest absolute Gasteiger partial charge is 0.497 e. The summed E-state index contributed by atoms with van der Waals surface area (Å²) in [5, 5.41) is 0. The van der Waals surface area contributed by atoms with Crippen molar-refractivity contribution in [1.82, 2.24) is 4.72 Å². The first-order chi connectivity index (χ1) is 14.6. The number of sulfonamides is 1. The fourth-order valence-electron chi connectivity index (χ4n) is 3.69. The maximum Gasteiger partial charge on any atom is 0.261 e. The van der Waals surface area contributed by atoms with Crippen LogP contribution in [0.3, 0.4) is 0 Å². The normalized spacial score (nSPS) is 18.5. The molecule has 0 saturated carbocycles. The van der Waals surface area contributed by atoms with E-state index in [0.717, 1.165) is 5.56 Å². The Morgan fingerprint density at radius 2 is 1.33 bits per heavy atom. The van der Waals surface area contributed by atoms with Gasteiger partial charge in [0.2, 0.25) is 0 Å². The second-order valence-corrected chi connectivity index (χ2v) is 8.82. The summed E-state index contributed by atoms with van der Waals surface area (Å²) in [6.45, 7) is 0. The van der Waals surface area contributed by atoms with Gasteiger partial charge in [0, 0.05) is 17.5 Å². The molecule has 0 bridgehead atoms. The molecule has 30 heavy (non-hydrogen) atoms. The fraction of sp³-hybridized carbons (Fsp3) is 0.120. The number of hydrogen-bond donors (Lipinski definition) is 1. The van der Waals surface area contributed by atoms with E-state index in [1.807, 2.05) is 48.6 Å². The average molecular weight is 418 g/mol. The van der Waals surface area contributed by atoms with Crippen LogP contribution in [-0.2, 0) is 10.0 Å². The highest BCUT2D eigenvalue weighted by molar-refractivity contribution is 7.89. The van der Waals surface area contributed by atoms with Crippen molar-refractivity contribution in [2.24, 2.45) is 0 Å². The van der Waals surface area contributed by atoms with E-state index in [-0.39, 0.29) is 16.7 Å². The van der Waals surface area contributed by atoms with E-state index in [9.17, 15) is 8.42 Å². The Morgan fingerprint density at radius 3 is 1.90 bits per heavy atom. The monoisotopic (exact) mass is 417 g/mol. The van der Waals surface area contributed by atoms with E-state index >= 15 is 0 Å². The van der Waals surface area contributed by atoms with Gasteiger partial charge in [-0.15, -0.1) is 0 Å². The number of nitrogens with one attached hydrogen (secondary N) is 1. The number of allylic oxidation sites excluding steroid dienone is 3. The molecule has 1 aliphatic carbocycles. The molecule has 1 aliphatic rings. The smallest absolute Gasteiger partial charge is 0.261 e. The summed E-state index contributed by atoms with van der Waals surface area (Å²) in [4.78, 5) is 0.194. The van der Waals surface area contributed by atoms with Gasteiger partial charge in [-0.2, -0.15) is 0 Å². The predicted octanol–water partition coefficient (Wildman–Crippen LogP) is 4.99. The van der Waals surface area contributed by atoms with Crippen molar-refractivity contribution >= 4 is 10.0 Å². The standard InChI is InChI=1S/C25H23NO3S/c1-29-22-13-15-23(16-14-22)30(27,28)26-21-12-17-24(19-8-4-2-5-9-19)25(18-21)20-10-6-3-7-11-20/h2-18,24-26H,1H3. The van der Waals surface area contributed by atoms with Crippen LogP contribution in [0.4, 0.5) is 0 Å². The number of rotatable bonds is 6. The Bertz CT molecular complexity index is 1150. The van der Waals surface area contributed by atoms with Gasteiger partial charge >= 0.3 is 0 Å². The van der Waals surface area contributed by atoms with Gasteiger partial charge in [0.1, 0.15) is 5.75 Å². The zero-order valence-electron chi connectivity index (χ0n) is 16.6. The molecule has 1 N–H and O–H groups in total. The van der Waals surface area contributed by atoms with Gasteiger partial charge in [-0.3, -0.25) is 4.72 Å². The highest BCUT2D eigenvalue weighted by Crippen LogP contribution is 2.38. The molecule has 0 aromatic heterocycles. The van der Waals surface area contributed by atoms with Gasteiger partial charge in [-0.25, -0.2) is 8.42 Å². The highest BCUT2D eigenvalue weighted by atomic mass is 32.2. The Kier molecular flexibility index (Phi) is 5.72. The highest BCUT2D eigenvalue weighted by Gasteiger charge is 2.25. The molecule has 0 aliphatic heterocycles. The molecule has 0 spiro atoms. The molecule has 3 aromatic carbocycles. The maximum absolute atomic E-state index is 12.9. The zero-order valence-corrected chi connectivity index (χ0v) is 17.4. The number of benzene rings is 3. The molecular weight excluding hydrogens is 394 g/mol. The van der Waals surface area contributed by atoms with E-state index in [2.05, 4.69) is 35.1 Å². The molecule has 4 rings (SSSR count). The van der Waals surface area contributed by atoms with Gasteiger partial charge in [0.25, 0.3) is 10.0 Å². The van der Waals surface area contributed by atoms with Crippen molar-refractivity contribution in [3.05, 3.63) is 120 Å². The first-order valence-corrected chi connectivity index (χ1v) is 11.2. The lowest BCUT2D eigenvalue weighted by molar-refractivity contribution is 0.414. The van der Waals surface area contributed by atoms with E-state index in [1.165, 1.54) is 17.7 Å². The molecule has 3 aromatic rings. The minimum atomic E-state index is -3.70. The van der Waals surface area contributed by atoms with Crippen molar-refractivity contribution in [2.45, 2.75) is 16.7 Å². The summed E-state index contributed by atoms with van der Waals surface area (Å²) in [6.07, 6.45) is 5.91. The van der Waals surface area contributed by atoms with Gasteiger partial charge in [0.15, 0.2) is 0 Å². The minimum absolute atomic E-state index is 0.0205. The van der Waals surface area contributed by atoms with Crippen molar-refractivity contribution in [1.29, 1.82) is 0 Å². The first kappa shape index (κ1) is 20.0. The Morgan fingerprint density at radius 1 is 0.767 bits per heavy atom. The van der Waals surface area contributed by atoms with Crippen LogP contribution in [-0.4, -0.2) is 15.5 Å². The number of ether oxygens (including phenoxy) is 1. The molecule has 2 unspecified atom stereocenters. The van der Waals surface area contributed by atoms with Gasteiger partial charge in [0.05, 0.1) is 12.0 Å². The Labute approximate surface area is 177 Å². The second-order valence-electron chi connectivity index (χ2n) is 7.14. The third-order valence-corrected chi connectivity index (χ3v) is 6.62. The van der Waals surface area contributed by atoms with Crippen molar-refractivity contribution in [2.75, 3.05) is 7.11 Å². The summed E-state index contributed by atoms with van der Waals surface area (Å²) < 4.78 is 33.6. The lowest BCUT2D eigenvalue weighted by atomic mass is 9.78. The molecule has 4 nitrogen and oxygen atoms in total. The molecule has 0 radical (unpaired) electrons. The summed E-state index contributed by atoms with van der Waals surface area (Å²) in [7, 11) is -2.15. The van der Waals surface area contributed by atoms with Crippen molar-refractivity contribution < 1.29 is 13.2 Å². The van der Waals surface area contributed by atoms with Gasteiger partial charge in [-0.1, -0.05) is 72.8 Å². The van der Waals surface area contributed by atoms with Crippen LogP contribution in [0.2, 0.25) is 0 Å². The van der Waals surface area contributed by atoms with Crippen LogP contribution in [0.25, 0.3) is 0 Å². The van der Waals surface area contributed by atoms with Gasteiger partial charge in [-0.05, 0) is 41.5 Å². The predicted molar refractivity (Wildman–Crippen MR) is 119 cm³/mol. The first-order valence-electron chi connectivity index (χ1n) is 9.73. The van der Waals surface area contributed by atoms with Crippen molar-refractivity contribution in [3.8, 4) is 5.75 Å². The van der Waals surface area contributed by atoms with Crippen LogP contribution in [0, 0.1) is 0 Å². The molecule has 5 heteroatoms. The number of methoxy groups -OCH3 is 1. The van der Waals surface area contributed by atoms with E-state index in [1.54, 1.807) is 19.2 Å². The lowest BCUT2D eigenvalue weighted by Gasteiger charge is -2.27. The maximum atomic E-state index is 12.9. The van der Waals surface area contributed by atoms with Crippen molar-refractivity contribution in [3.63, 3.8) is 0 Å². The fourth-order valence-corrected chi connectivity index (χ4v) is 4.75. The molecule has 0 heterocycles. The summed E-state index contributed by atoms with van der Waals surface area (Å²) in [6, 6.07) is 26.7. The SMILES string of the molecule is COc1ccc(S(=O)(=O)NC2=CC(c3ccccc3)C(c3ccccc3)C=C2)cc1. The van der Waals surface area contributed by atoms with E-state index < -0.39 is 10.0 Å². The summed E-state index contributed by atoms with van der Waals surface area (Å²) >= 11 is 0. The Hall–Kier alpha value is -3.31. The second kappa shape index (κ2) is 8.59. The number of hydrogen-bond acceptors (Lipinski definition) is 3. The molecule has 0 amide bonds. The topological polar surface area (TPSA) is 55.4 Å². The van der Waals surface area contributed by atoms with Crippen LogP contribution in [0.5, 0.6) is 5.75 Å². The molecule has 0 saturated heterocycles. The van der Waals surface area contributed by atoms with Crippen LogP contribution in [0.1, 0.15) is 23.0 Å². The quantitative estimate of drug-likeness (QED) is 0.614. The molecule has 152 valence electrons. The average Bonchev–Trinajstić information content (AvgIpc) is 2.80. The van der Waals surface area contributed by atoms with E-state index in [0.29, 0.717) is 11.4 Å². The lowest BCUT2D eigenvalue weighted by Crippen LogP contribution is -2.25. The summed E-state index contributed by atoms with van der Waals surface area (Å²) in [5.74, 6) is 0.760. The summed E-state index contributed by atoms with van der Waals surface area (Å²) in [5.41, 5.74) is 2.89. The zero-order chi connectivity index (χ0) is 21.0. The van der Waals surface area contributed by atoms with E-state index in [4.69, 9.17) is 4.74 Å². The third-order valence-electron chi connectivity index (χ3n) is 5.22.